The highest BCUT2D eigenvalue weighted by atomic mass is 79.9. The summed E-state index contributed by atoms with van der Waals surface area (Å²) in [7, 11) is 0. The molecule has 0 aromatic heterocycles. The fraction of sp³-hybridized carbons (Fsp3) is 0.143. The highest BCUT2D eigenvalue weighted by Gasteiger charge is 2.21. The minimum absolute atomic E-state index is 0.215. The summed E-state index contributed by atoms with van der Waals surface area (Å²) in [6, 6.07) is 6.43. The van der Waals surface area contributed by atoms with Crippen LogP contribution in [0.4, 0.5) is 11.7 Å². The molecule has 1 aromatic carbocycles. The Bertz CT molecular complexity index is 289. The molecule has 0 fully saturated rings. The monoisotopic (exact) mass is 274 g/mol. The molecule has 0 unspecified atom stereocenters. The van der Waals surface area contributed by atoms with Gasteiger partial charge in [-0.25, -0.2) is 0 Å². The minimum Gasteiger partial charge on any atom is -0.476 e. The van der Waals surface area contributed by atoms with Crippen LogP contribution in [0.25, 0.3) is 0 Å². The van der Waals surface area contributed by atoms with Gasteiger partial charge in [0.25, 0.3) is 0 Å². The lowest BCUT2D eigenvalue weighted by Gasteiger charge is -2.12. The molecule has 0 saturated heterocycles. The summed E-state index contributed by atoms with van der Waals surface area (Å²) >= 11 is -2.00. The number of halogens is 4. The second-order valence-electron chi connectivity index (χ2n) is 2.19. The molecule has 0 radical (unpaired) electrons. The van der Waals surface area contributed by atoms with Gasteiger partial charge < -0.3 is 4.74 Å². The van der Waals surface area contributed by atoms with Gasteiger partial charge in [0.2, 0.25) is 11.2 Å². The first kappa shape index (κ1) is 10.7. The predicted octanol–water partition coefficient (Wildman–Crippen LogP) is 4.24. The second kappa shape index (κ2) is 4.23. The zero-order valence-corrected chi connectivity index (χ0v) is 8.75. The van der Waals surface area contributed by atoms with E-state index in [0.29, 0.717) is 4.47 Å². The molecule has 74 valence electrons. The maximum atomic E-state index is 11.8. The standard InChI is InChI=1S/C7H6BrF3OS/c8-6-3-1-2-4-7(6)12-5-13(9,10)11/h1-4H,5H2. The Kier molecular flexibility index (Phi) is 3.49. The highest BCUT2D eigenvalue weighted by molar-refractivity contribution is 9.10. The Morgan fingerprint density at radius 3 is 2.38 bits per heavy atom. The summed E-state index contributed by atoms with van der Waals surface area (Å²) < 4.78 is 40.5. The average Bonchev–Trinajstić information content (AvgIpc) is 2.01. The number of benzene rings is 1. The van der Waals surface area contributed by atoms with E-state index in [2.05, 4.69) is 20.7 Å². The van der Waals surface area contributed by atoms with Crippen LogP contribution in [0, 0.1) is 0 Å². The first-order valence-electron chi connectivity index (χ1n) is 3.26. The maximum Gasteiger partial charge on any atom is 0.244 e. The van der Waals surface area contributed by atoms with E-state index in [1.807, 2.05) is 0 Å². The first-order valence-corrected chi connectivity index (χ1v) is 5.56. The molecule has 0 spiro atoms. The van der Waals surface area contributed by atoms with Crippen LogP contribution in [-0.2, 0) is 0 Å². The van der Waals surface area contributed by atoms with Gasteiger partial charge in [-0.3, -0.25) is 0 Å². The molecule has 0 heterocycles. The molecule has 1 rings (SSSR count). The minimum atomic E-state index is -5.08. The van der Waals surface area contributed by atoms with Gasteiger partial charge in [-0.2, -0.15) is 0 Å². The van der Waals surface area contributed by atoms with Crippen molar-refractivity contribution in [2.24, 2.45) is 0 Å². The summed E-state index contributed by atoms with van der Waals surface area (Å²) in [6.45, 7) is 0. The van der Waals surface area contributed by atoms with E-state index in [-0.39, 0.29) is 5.75 Å². The van der Waals surface area contributed by atoms with Crippen molar-refractivity contribution in [3.63, 3.8) is 0 Å². The van der Waals surface area contributed by atoms with Gasteiger partial charge >= 0.3 is 0 Å². The molecule has 1 aromatic rings. The fourth-order valence-corrected chi connectivity index (χ4v) is 1.35. The van der Waals surface area contributed by atoms with E-state index < -0.39 is 17.1 Å². The number of rotatable bonds is 3. The van der Waals surface area contributed by atoms with Crippen LogP contribution in [0.3, 0.4) is 0 Å². The van der Waals surface area contributed by atoms with Crippen LogP contribution in [-0.4, -0.2) is 5.94 Å². The summed E-state index contributed by atoms with van der Waals surface area (Å²) in [5, 5.41) is 0. The van der Waals surface area contributed by atoms with Crippen molar-refractivity contribution in [2.45, 2.75) is 0 Å². The van der Waals surface area contributed by atoms with Crippen molar-refractivity contribution >= 4 is 27.1 Å². The Hall–Kier alpha value is -0.360. The fourth-order valence-electron chi connectivity index (χ4n) is 0.692. The average molecular weight is 275 g/mol. The zero-order valence-electron chi connectivity index (χ0n) is 6.34. The number of hydrogen-bond donors (Lipinski definition) is 0. The molecule has 0 atom stereocenters. The van der Waals surface area contributed by atoms with Gasteiger partial charge in [-0.05, 0) is 28.1 Å². The molecule has 13 heavy (non-hydrogen) atoms. The van der Waals surface area contributed by atoms with Gasteiger partial charge in [-0.15, -0.1) is 11.7 Å². The second-order valence-corrected chi connectivity index (χ2v) is 4.29. The molecule has 0 aliphatic rings. The Morgan fingerprint density at radius 1 is 1.23 bits per heavy atom. The Balaban J connectivity index is 2.60. The molecular weight excluding hydrogens is 269 g/mol. The molecule has 0 N–H and O–H groups in total. The first-order chi connectivity index (χ1) is 5.99. The Morgan fingerprint density at radius 2 is 1.85 bits per heavy atom. The quantitative estimate of drug-likeness (QED) is 0.801. The summed E-state index contributed by atoms with van der Waals surface area (Å²) in [6.07, 6.45) is 0. The van der Waals surface area contributed by atoms with Crippen molar-refractivity contribution in [3.8, 4) is 5.75 Å². The van der Waals surface area contributed by atoms with Crippen molar-refractivity contribution in [2.75, 3.05) is 5.94 Å². The van der Waals surface area contributed by atoms with E-state index in [1.54, 1.807) is 18.2 Å². The van der Waals surface area contributed by atoms with Crippen LogP contribution in [0.2, 0.25) is 0 Å². The summed E-state index contributed by atoms with van der Waals surface area (Å²) in [5.41, 5.74) is 0. The van der Waals surface area contributed by atoms with Gasteiger partial charge in [0.1, 0.15) is 5.75 Å². The van der Waals surface area contributed by atoms with Crippen molar-refractivity contribution in [1.29, 1.82) is 0 Å². The van der Waals surface area contributed by atoms with Crippen molar-refractivity contribution in [1.82, 2.24) is 0 Å². The lowest BCUT2D eigenvalue weighted by molar-refractivity contribution is 0.364. The zero-order chi connectivity index (χ0) is 9.90. The number of ether oxygens (including phenoxy) is 1. The Labute approximate surface area is 84.2 Å². The van der Waals surface area contributed by atoms with E-state index >= 15 is 0 Å². The lowest BCUT2D eigenvalue weighted by Crippen LogP contribution is -1.98. The van der Waals surface area contributed by atoms with E-state index in [4.69, 9.17) is 0 Å². The third kappa shape index (κ3) is 3.91. The number of hydrogen-bond acceptors (Lipinski definition) is 1. The third-order valence-corrected chi connectivity index (χ3v) is 2.22. The normalized spacial score (nSPS) is 12.6. The number of para-hydroxylation sites is 1. The molecule has 1 nitrogen and oxygen atoms in total. The van der Waals surface area contributed by atoms with Crippen molar-refractivity contribution in [3.05, 3.63) is 28.7 Å². The molecule has 0 amide bonds. The van der Waals surface area contributed by atoms with Crippen molar-refractivity contribution < 1.29 is 16.4 Å². The van der Waals surface area contributed by atoms with E-state index in [9.17, 15) is 11.7 Å². The molecule has 0 aliphatic heterocycles. The largest absolute Gasteiger partial charge is 0.476 e. The molecule has 6 heteroatoms. The smallest absolute Gasteiger partial charge is 0.244 e. The lowest BCUT2D eigenvalue weighted by atomic mass is 10.3. The summed E-state index contributed by atoms with van der Waals surface area (Å²) in [4.78, 5) is 0. The maximum absolute atomic E-state index is 11.8. The molecule has 0 saturated carbocycles. The van der Waals surface area contributed by atoms with Gasteiger partial charge in [0.15, 0.2) is 5.94 Å². The van der Waals surface area contributed by atoms with Gasteiger partial charge in [-0.1, -0.05) is 12.1 Å². The van der Waals surface area contributed by atoms with E-state index in [1.165, 1.54) is 6.07 Å². The predicted molar refractivity (Wildman–Crippen MR) is 50.6 cm³/mol. The van der Waals surface area contributed by atoms with Crippen LogP contribution in [0.5, 0.6) is 5.75 Å². The van der Waals surface area contributed by atoms with Gasteiger partial charge in [0, 0.05) is 0 Å². The molecule has 0 aliphatic carbocycles. The van der Waals surface area contributed by atoms with Crippen LogP contribution in [0.1, 0.15) is 0 Å². The van der Waals surface area contributed by atoms with Crippen LogP contribution in [0.15, 0.2) is 28.7 Å². The third-order valence-electron chi connectivity index (χ3n) is 1.18. The van der Waals surface area contributed by atoms with Crippen LogP contribution >= 0.6 is 27.1 Å². The molecule has 0 bridgehead atoms. The summed E-state index contributed by atoms with van der Waals surface area (Å²) in [5.74, 6) is -0.970. The topological polar surface area (TPSA) is 9.23 Å². The van der Waals surface area contributed by atoms with Crippen LogP contribution < -0.4 is 4.74 Å². The highest BCUT2D eigenvalue weighted by Crippen LogP contribution is 2.53. The SMILES string of the molecule is FS(F)(F)COc1ccccc1Br. The van der Waals surface area contributed by atoms with E-state index in [0.717, 1.165) is 0 Å². The molecular formula is C7H6BrF3OS. The van der Waals surface area contributed by atoms with Gasteiger partial charge in [0.05, 0.1) is 4.47 Å².